The largest absolute Gasteiger partial charge is 0.505 e. The van der Waals surface area contributed by atoms with E-state index in [4.69, 9.17) is 4.74 Å². The zero-order chi connectivity index (χ0) is 16.8. The average Bonchev–Trinajstić information content (AvgIpc) is 2.55. The zero-order valence-corrected chi connectivity index (χ0v) is 13.6. The van der Waals surface area contributed by atoms with Gasteiger partial charge in [-0.2, -0.15) is 0 Å². The van der Waals surface area contributed by atoms with Crippen LogP contribution >= 0.6 is 0 Å². The van der Waals surface area contributed by atoms with Crippen molar-refractivity contribution in [1.29, 1.82) is 0 Å². The summed E-state index contributed by atoms with van der Waals surface area (Å²) in [6, 6.07) is 3.65. The van der Waals surface area contributed by atoms with Crippen molar-refractivity contribution in [3.05, 3.63) is 29.6 Å². The molecule has 128 valence electrons. The Bertz CT molecular complexity index is 533. The van der Waals surface area contributed by atoms with E-state index in [1.54, 1.807) is 25.0 Å². The molecule has 1 aromatic rings. The van der Waals surface area contributed by atoms with E-state index in [9.17, 15) is 14.3 Å². The Labute approximate surface area is 135 Å². The molecule has 0 saturated carbocycles. The van der Waals surface area contributed by atoms with E-state index >= 15 is 0 Å². The number of urea groups is 1. The van der Waals surface area contributed by atoms with Crippen LogP contribution in [0.3, 0.4) is 0 Å². The Kier molecular flexibility index (Phi) is 6.18. The number of benzene rings is 1. The minimum Gasteiger partial charge on any atom is -0.505 e. The van der Waals surface area contributed by atoms with Gasteiger partial charge in [0.1, 0.15) is 0 Å². The summed E-state index contributed by atoms with van der Waals surface area (Å²) in [5, 5.41) is 12.1. The molecule has 1 saturated heterocycles. The number of phenols is 1. The highest BCUT2D eigenvalue weighted by molar-refractivity contribution is 5.74. The summed E-state index contributed by atoms with van der Waals surface area (Å²) in [5.74, 6) is -1.07. The van der Waals surface area contributed by atoms with Crippen LogP contribution in [-0.4, -0.2) is 67.4 Å². The third-order valence-electron chi connectivity index (χ3n) is 4.08. The lowest BCUT2D eigenvalue weighted by Gasteiger charge is -2.35. The standard InChI is InChI=1S/C16H24FN3O3/c1-12(13-3-4-15(21)14(17)11-13)18-16(22)20-7-5-19(6-8-20)9-10-23-2/h3-4,11-12,21H,5-10H2,1-2H3,(H,18,22)/t12-/m1/s1. The molecule has 0 aromatic heterocycles. The number of ether oxygens (including phenoxy) is 1. The van der Waals surface area contributed by atoms with Gasteiger partial charge in [-0.1, -0.05) is 6.07 Å². The Morgan fingerprint density at radius 2 is 2.09 bits per heavy atom. The molecule has 0 aliphatic carbocycles. The minimum atomic E-state index is -0.685. The average molecular weight is 325 g/mol. The van der Waals surface area contributed by atoms with Crippen LogP contribution in [0.25, 0.3) is 0 Å². The summed E-state index contributed by atoms with van der Waals surface area (Å²) in [5.41, 5.74) is 0.618. The zero-order valence-electron chi connectivity index (χ0n) is 13.6. The van der Waals surface area contributed by atoms with E-state index in [0.29, 0.717) is 25.3 Å². The van der Waals surface area contributed by atoms with Gasteiger partial charge in [0.2, 0.25) is 0 Å². The monoisotopic (exact) mass is 325 g/mol. The van der Waals surface area contributed by atoms with Gasteiger partial charge in [0.25, 0.3) is 0 Å². The summed E-state index contributed by atoms with van der Waals surface area (Å²) >= 11 is 0. The summed E-state index contributed by atoms with van der Waals surface area (Å²) in [6.45, 7) is 6.31. The first-order valence-electron chi connectivity index (χ1n) is 7.76. The third-order valence-corrected chi connectivity index (χ3v) is 4.08. The van der Waals surface area contributed by atoms with Crippen LogP contribution in [0.1, 0.15) is 18.5 Å². The van der Waals surface area contributed by atoms with Gasteiger partial charge in [-0.05, 0) is 24.6 Å². The predicted octanol–water partition coefficient (Wildman–Crippen LogP) is 1.57. The first-order valence-corrected chi connectivity index (χ1v) is 7.76. The third kappa shape index (κ3) is 4.80. The van der Waals surface area contributed by atoms with Gasteiger partial charge in [0.15, 0.2) is 11.6 Å². The SMILES string of the molecule is COCCN1CCN(C(=O)N[C@H](C)c2ccc(O)c(F)c2)CC1. The number of piperazine rings is 1. The number of nitrogens with one attached hydrogen (secondary N) is 1. The molecule has 2 rings (SSSR count). The van der Waals surface area contributed by atoms with Gasteiger partial charge < -0.3 is 20.1 Å². The Morgan fingerprint density at radius 3 is 2.70 bits per heavy atom. The van der Waals surface area contributed by atoms with Crippen LogP contribution in [0.2, 0.25) is 0 Å². The van der Waals surface area contributed by atoms with Crippen LogP contribution in [0.5, 0.6) is 5.75 Å². The molecule has 1 aliphatic heterocycles. The number of nitrogens with zero attached hydrogens (tertiary/aromatic N) is 2. The number of halogens is 1. The Hall–Kier alpha value is -1.86. The number of carbonyl (C=O) groups is 1. The molecule has 0 spiro atoms. The summed E-state index contributed by atoms with van der Waals surface area (Å²) < 4.78 is 18.4. The number of phenolic OH excluding ortho intramolecular Hbond substituents is 1. The fraction of sp³-hybridized carbons (Fsp3) is 0.562. The lowest BCUT2D eigenvalue weighted by molar-refractivity contribution is 0.105. The van der Waals surface area contributed by atoms with Crippen molar-refractivity contribution in [3.63, 3.8) is 0 Å². The second-order valence-electron chi connectivity index (χ2n) is 5.70. The maximum absolute atomic E-state index is 13.4. The molecule has 0 radical (unpaired) electrons. The smallest absolute Gasteiger partial charge is 0.317 e. The molecule has 2 amide bonds. The molecular weight excluding hydrogens is 301 g/mol. The number of carbonyl (C=O) groups excluding carboxylic acids is 1. The molecule has 6 nitrogen and oxygen atoms in total. The molecule has 2 N–H and O–H groups in total. The summed E-state index contributed by atoms with van der Waals surface area (Å²) in [4.78, 5) is 16.3. The van der Waals surface area contributed by atoms with Crippen molar-refractivity contribution in [2.24, 2.45) is 0 Å². The van der Waals surface area contributed by atoms with Crippen LogP contribution in [0.15, 0.2) is 18.2 Å². The van der Waals surface area contributed by atoms with E-state index in [-0.39, 0.29) is 17.8 Å². The van der Waals surface area contributed by atoms with E-state index in [0.717, 1.165) is 19.6 Å². The molecule has 1 atom stereocenters. The van der Waals surface area contributed by atoms with Gasteiger partial charge in [-0.15, -0.1) is 0 Å². The summed E-state index contributed by atoms with van der Waals surface area (Å²) in [6.07, 6.45) is 0. The number of hydrogen-bond acceptors (Lipinski definition) is 4. The Balaban J connectivity index is 1.83. The number of hydrogen-bond donors (Lipinski definition) is 2. The van der Waals surface area contributed by atoms with Crippen molar-refractivity contribution >= 4 is 6.03 Å². The summed E-state index contributed by atoms with van der Waals surface area (Å²) in [7, 11) is 1.68. The molecule has 7 heteroatoms. The van der Waals surface area contributed by atoms with Gasteiger partial charge in [-0.25, -0.2) is 9.18 Å². The highest BCUT2D eigenvalue weighted by atomic mass is 19.1. The maximum Gasteiger partial charge on any atom is 0.317 e. The number of amides is 2. The number of rotatable bonds is 5. The van der Waals surface area contributed by atoms with E-state index in [2.05, 4.69) is 10.2 Å². The molecule has 1 heterocycles. The van der Waals surface area contributed by atoms with Gasteiger partial charge in [0, 0.05) is 39.8 Å². The molecular formula is C16H24FN3O3. The van der Waals surface area contributed by atoms with E-state index in [1.165, 1.54) is 12.1 Å². The van der Waals surface area contributed by atoms with E-state index in [1.807, 2.05) is 0 Å². The van der Waals surface area contributed by atoms with Gasteiger partial charge in [-0.3, -0.25) is 4.90 Å². The van der Waals surface area contributed by atoms with Crippen LogP contribution in [0.4, 0.5) is 9.18 Å². The van der Waals surface area contributed by atoms with Crippen molar-refractivity contribution in [1.82, 2.24) is 15.1 Å². The molecule has 1 aromatic carbocycles. The first kappa shape index (κ1) is 17.5. The van der Waals surface area contributed by atoms with Crippen LogP contribution in [-0.2, 0) is 4.74 Å². The molecule has 23 heavy (non-hydrogen) atoms. The minimum absolute atomic E-state index is 0.155. The molecule has 1 aliphatic rings. The lowest BCUT2D eigenvalue weighted by Crippen LogP contribution is -2.52. The van der Waals surface area contributed by atoms with Crippen LogP contribution in [0, 0.1) is 5.82 Å². The fourth-order valence-electron chi connectivity index (χ4n) is 2.55. The quantitative estimate of drug-likeness (QED) is 0.862. The maximum atomic E-state index is 13.4. The van der Waals surface area contributed by atoms with Gasteiger partial charge >= 0.3 is 6.03 Å². The highest BCUT2D eigenvalue weighted by Crippen LogP contribution is 2.20. The van der Waals surface area contributed by atoms with Crippen molar-refractivity contribution in [3.8, 4) is 5.75 Å². The number of aromatic hydroxyl groups is 1. The van der Waals surface area contributed by atoms with Gasteiger partial charge in [0.05, 0.1) is 12.6 Å². The molecule has 1 fully saturated rings. The molecule has 0 bridgehead atoms. The first-order chi connectivity index (χ1) is 11.0. The second kappa shape index (κ2) is 8.12. The van der Waals surface area contributed by atoms with Crippen molar-refractivity contribution in [2.75, 3.05) is 46.4 Å². The van der Waals surface area contributed by atoms with Crippen LogP contribution < -0.4 is 5.32 Å². The second-order valence-corrected chi connectivity index (χ2v) is 5.70. The topological polar surface area (TPSA) is 65.0 Å². The fourth-order valence-corrected chi connectivity index (χ4v) is 2.55. The predicted molar refractivity (Wildman–Crippen MR) is 84.9 cm³/mol. The van der Waals surface area contributed by atoms with Crippen molar-refractivity contribution < 1.29 is 19.0 Å². The normalized spacial score (nSPS) is 17.1. The van der Waals surface area contributed by atoms with E-state index < -0.39 is 5.82 Å². The molecule has 0 unspecified atom stereocenters. The number of methoxy groups -OCH3 is 1. The highest BCUT2D eigenvalue weighted by Gasteiger charge is 2.22. The van der Waals surface area contributed by atoms with Crippen molar-refractivity contribution in [2.45, 2.75) is 13.0 Å². The lowest BCUT2D eigenvalue weighted by atomic mass is 10.1. The Morgan fingerprint density at radius 1 is 1.39 bits per heavy atom.